The van der Waals surface area contributed by atoms with Crippen LogP contribution in [0.15, 0.2) is 30.9 Å². The number of allylic oxidation sites excluding steroid dienone is 1. The van der Waals surface area contributed by atoms with Crippen LogP contribution in [0.2, 0.25) is 32.7 Å². The molecule has 2 fully saturated rings. The van der Waals surface area contributed by atoms with Crippen LogP contribution in [0.5, 0.6) is 5.75 Å². The van der Waals surface area contributed by atoms with Crippen molar-refractivity contribution in [1.29, 1.82) is 0 Å². The van der Waals surface area contributed by atoms with Gasteiger partial charge in [-0.3, -0.25) is 0 Å². The highest BCUT2D eigenvalue weighted by Crippen LogP contribution is 2.73. The first-order chi connectivity index (χ1) is 22.5. The maximum Gasteiger partial charge on any atom is 0.425 e. The smallest absolute Gasteiger partial charge is 0.425 e. The van der Waals surface area contributed by atoms with Gasteiger partial charge in [0, 0.05) is 6.61 Å². The second-order valence-electron chi connectivity index (χ2n) is 17.4. The fraction of sp³-hybridized carbons (Fsp3) is 0.789. The minimum absolute atomic E-state index is 0.0427. The van der Waals surface area contributed by atoms with E-state index in [0.717, 1.165) is 37.9 Å². The van der Waals surface area contributed by atoms with E-state index in [0.29, 0.717) is 31.3 Å². The topological polar surface area (TPSA) is 27.7 Å². The first kappa shape index (κ1) is 40.5. The van der Waals surface area contributed by atoms with Crippen LogP contribution in [0.3, 0.4) is 0 Å². The summed E-state index contributed by atoms with van der Waals surface area (Å²) in [4.78, 5) is 0. The molecule has 6 atom stereocenters. The van der Waals surface area contributed by atoms with E-state index in [2.05, 4.69) is 58.7 Å². The van der Waals surface area contributed by atoms with Crippen molar-refractivity contribution in [3.8, 4) is 5.75 Å². The molecule has 3 aliphatic rings. The van der Waals surface area contributed by atoms with Gasteiger partial charge in [0.1, 0.15) is 5.75 Å². The average Bonchev–Trinajstić information content (AvgIpc) is 3.37. The van der Waals surface area contributed by atoms with E-state index in [1.807, 2.05) is 6.07 Å². The predicted molar refractivity (Wildman–Crippen MR) is 189 cm³/mol. The lowest BCUT2D eigenvalue weighted by Crippen LogP contribution is -2.62. The molecule has 2 saturated carbocycles. The number of unbranched alkanes of at least 4 members (excludes halogenated alkanes) is 2. The van der Waals surface area contributed by atoms with Crippen LogP contribution in [0.25, 0.3) is 0 Å². The second kappa shape index (κ2) is 14.3. The van der Waals surface area contributed by atoms with Crippen molar-refractivity contribution < 1.29 is 39.9 Å². The number of halogens is 6. The SMILES string of the molecule is C=C[C@@]12CCc3cc(OC)ccc3[C@H]1[C@@H](CCCCCC(O[Si](C)(C)C)(C(F)(F)F)C(F)(F)F)C[C@]1(CO[Si](C)C)[C@@H](C(C)(C)C)CC[C@@H]21. The lowest BCUT2D eigenvalue weighted by molar-refractivity contribution is -0.362. The molecule has 0 N–H and O–H groups in total. The molecule has 11 heteroatoms. The molecule has 0 heterocycles. The summed E-state index contributed by atoms with van der Waals surface area (Å²) in [6, 6.07) is 6.34. The molecule has 1 aromatic carbocycles. The number of rotatable bonds is 13. The monoisotopic (exact) mass is 733 g/mol. The van der Waals surface area contributed by atoms with Crippen LogP contribution in [-0.4, -0.2) is 49.0 Å². The van der Waals surface area contributed by atoms with E-state index in [1.54, 1.807) is 7.11 Å². The first-order valence-corrected chi connectivity index (χ1v) is 23.9. The molecule has 1 radical (unpaired) electrons. The molecule has 1 aromatic rings. The van der Waals surface area contributed by atoms with Gasteiger partial charge in [-0.15, -0.1) is 6.58 Å². The number of aryl methyl sites for hydroxylation is 1. The Bertz CT molecular complexity index is 1290. The minimum Gasteiger partial charge on any atom is -0.497 e. The van der Waals surface area contributed by atoms with Gasteiger partial charge >= 0.3 is 12.4 Å². The highest BCUT2D eigenvalue weighted by molar-refractivity contribution is 6.69. The fourth-order valence-electron chi connectivity index (χ4n) is 10.5. The van der Waals surface area contributed by atoms with Crippen LogP contribution >= 0.6 is 0 Å². The van der Waals surface area contributed by atoms with Crippen molar-refractivity contribution in [3.05, 3.63) is 42.0 Å². The van der Waals surface area contributed by atoms with E-state index in [9.17, 15) is 26.3 Å². The summed E-state index contributed by atoms with van der Waals surface area (Å²) in [5, 5.41) is 0. The molecular weight excluding hydrogens is 675 g/mol. The van der Waals surface area contributed by atoms with Crippen LogP contribution < -0.4 is 4.74 Å². The number of hydrogen-bond acceptors (Lipinski definition) is 3. The van der Waals surface area contributed by atoms with Crippen molar-refractivity contribution in [2.75, 3.05) is 13.7 Å². The molecule has 0 unspecified atom stereocenters. The van der Waals surface area contributed by atoms with Gasteiger partial charge in [0.2, 0.25) is 14.6 Å². The maximum atomic E-state index is 14.2. The Labute approximate surface area is 293 Å². The number of alkyl halides is 6. The van der Waals surface area contributed by atoms with Gasteiger partial charge in [-0.2, -0.15) is 26.3 Å². The van der Waals surface area contributed by atoms with E-state index in [-0.39, 0.29) is 40.9 Å². The van der Waals surface area contributed by atoms with Gasteiger partial charge in [0.25, 0.3) is 0 Å². The normalized spacial score (nSPS) is 29.4. The van der Waals surface area contributed by atoms with Crippen LogP contribution in [0.1, 0.15) is 95.6 Å². The van der Waals surface area contributed by atoms with E-state index >= 15 is 0 Å². The minimum atomic E-state index is -5.56. The van der Waals surface area contributed by atoms with Gasteiger partial charge in [0.15, 0.2) is 8.32 Å². The zero-order valence-corrected chi connectivity index (χ0v) is 33.1. The molecule has 4 rings (SSSR count). The Morgan fingerprint density at radius 2 is 1.63 bits per heavy atom. The Hall–Kier alpha value is -1.31. The van der Waals surface area contributed by atoms with Gasteiger partial charge in [-0.25, -0.2) is 0 Å². The van der Waals surface area contributed by atoms with Crippen molar-refractivity contribution in [2.24, 2.45) is 34.0 Å². The van der Waals surface area contributed by atoms with Gasteiger partial charge in [-0.05, 0) is 147 Å². The zero-order valence-electron chi connectivity index (χ0n) is 31.1. The van der Waals surface area contributed by atoms with Crippen LogP contribution in [0.4, 0.5) is 26.3 Å². The summed E-state index contributed by atoms with van der Waals surface area (Å²) in [6.07, 6.45) is -3.76. The van der Waals surface area contributed by atoms with Crippen molar-refractivity contribution >= 4 is 17.4 Å². The van der Waals surface area contributed by atoms with E-state index < -0.39 is 41.7 Å². The Morgan fingerprint density at radius 3 is 2.16 bits per heavy atom. The highest BCUT2D eigenvalue weighted by atomic mass is 28.4. The molecule has 0 bridgehead atoms. The summed E-state index contributed by atoms with van der Waals surface area (Å²) in [7, 11) is -2.52. The number of methoxy groups -OCH3 is 1. The van der Waals surface area contributed by atoms with Crippen LogP contribution in [-0.2, 0) is 15.3 Å². The first-order valence-electron chi connectivity index (χ1n) is 18.0. The summed E-state index contributed by atoms with van der Waals surface area (Å²) in [5.41, 5.74) is -1.83. The third-order valence-electron chi connectivity index (χ3n) is 12.0. The van der Waals surface area contributed by atoms with Gasteiger partial charge < -0.3 is 13.6 Å². The molecular formula is C38H59F6O3Si2. The van der Waals surface area contributed by atoms with E-state index in [1.165, 1.54) is 30.8 Å². The molecule has 3 nitrogen and oxygen atoms in total. The predicted octanol–water partition coefficient (Wildman–Crippen LogP) is 11.9. The zero-order chi connectivity index (χ0) is 36.8. The van der Waals surface area contributed by atoms with Gasteiger partial charge in [0.05, 0.1) is 7.11 Å². The van der Waals surface area contributed by atoms with E-state index in [4.69, 9.17) is 13.6 Å². The Morgan fingerprint density at radius 1 is 0.980 bits per heavy atom. The Kier molecular flexibility index (Phi) is 11.8. The number of hydrogen-bond donors (Lipinski definition) is 0. The fourth-order valence-corrected chi connectivity index (χ4v) is 12.5. The van der Waals surface area contributed by atoms with Crippen molar-refractivity contribution in [3.63, 3.8) is 0 Å². The van der Waals surface area contributed by atoms with Crippen molar-refractivity contribution in [2.45, 2.75) is 142 Å². The second-order valence-corrected chi connectivity index (χ2v) is 24.0. The molecule has 0 amide bonds. The summed E-state index contributed by atoms with van der Waals surface area (Å²) < 4.78 is 103. The highest BCUT2D eigenvalue weighted by Gasteiger charge is 2.72. The molecule has 0 aromatic heterocycles. The number of benzene rings is 1. The molecule has 279 valence electrons. The molecule has 0 spiro atoms. The lowest BCUT2D eigenvalue weighted by Gasteiger charge is -2.63. The molecule has 0 saturated heterocycles. The molecule has 3 aliphatic carbocycles. The van der Waals surface area contributed by atoms with Crippen LogP contribution in [0, 0.1) is 34.0 Å². The maximum absolute atomic E-state index is 14.2. The molecule has 0 aliphatic heterocycles. The largest absolute Gasteiger partial charge is 0.497 e. The summed E-state index contributed by atoms with van der Waals surface area (Å²) in [5.74, 6) is 1.93. The average molecular weight is 734 g/mol. The lowest BCUT2D eigenvalue weighted by atomic mass is 9.42. The third-order valence-corrected chi connectivity index (χ3v) is 13.7. The standard InChI is InChI=1S/C38H59F6O3Si2/c1-11-34-22-20-26-23-28(45-5)16-17-29(26)32(34)27(24-35(25-46-48(6)7)30(33(2,3)4)18-19-31(34)35)15-13-12-14-21-36(37(39,40)41,38(42,43)44)47-49(8,9)10/h11,16-17,23,27,30-32H,1,12-15,18-22,24-25H2,2-10H3/t27-,30+,31-,32+,34-,35-/m0/s1. The molecule has 49 heavy (non-hydrogen) atoms. The quantitative estimate of drug-likeness (QED) is 0.0874. The number of ether oxygens (including phenoxy) is 1. The summed E-state index contributed by atoms with van der Waals surface area (Å²) in [6.45, 7) is 20.6. The van der Waals surface area contributed by atoms with Gasteiger partial charge in [-0.1, -0.05) is 45.8 Å². The van der Waals surface area contributed by atoms with Crippen molar-refractivity contribution in [1.82, 2.24) is 0 Å². The Balaban J connectivity index is 1.70. The number of fused-ring (bicyclic) bond motifs is 5. The summed E-state index contributed by atoms with van der Waals surface area (Å²) >= 11 is 0. The third kappa shape index (κ3) is 7.75.